The van der Waals surface area contributed by atoms with Gasteiger partial charge in [-0.05, 0) is 19.8 Å². The minimum Gasteiger partial charge on any atom is -0.337 e. The lowest BCUT2D eigenvalue weighted by atomic mass is 9.88. The molecule has 1 atom stereocenters. The van der Waals surface area contributed by atoms with Crippen LogP contribution in [0.3, 0.4) is 0 Å². The summed E-state index contributed by atoms with van der Waals surface area (Å²) < 4.78 is 0. The van der Waals surface area contributed by atoms with E-state index in [-0.39, 0.29) is 12.4 Å². The maximum Gasteiger partial charge on any atom is 0.226 e. The summed E-state index contributed by atoms with van der Waals surface area (Å²) in [5.41, 5.74) is 0. The zero-order valence-corrected chi connectivity index (χ0v) is 10.9. The van der Waals surface area contributed by atoms with E-state index in [4.69, 9.17) is 0 Å². The van der Waals surface area contributed by atoms with Gasteiger partial charge in [-0.1, -0.05) is 19.3 Å². The Morgan fingerprint density at radius 1 is 1.25 bits per heavy atom. The standard InChI is InChI=1S/C12H22N2O.ClH/c1-10-9-13-7-8-14(10)12(15)11-5-3-2-4-6-11;/h10-11,13H,2-9H2,1H3;1H/t10-;/m1./s1. The minimum atomic E-state index is 0. The number of rotatable bonds is 1. The number of amides is 1. The Bertz CT molecular complexity index is 229. The molecule has 1 aliphatic carbocycles. The smallest absolute Gasteiger partial charge is 0.226 e. The van der Waals surface area contributed by atoms with E-state index >= 15 is 0 Å². The van der Waals surface area contributed by atoms with Crippen LogP contribution in [-0.4, -0.2) is 36.5 Å². The van der Waals surface area contributed by atoms with Crippen molar-refractivity contribution in [1.29, 1.82) is 0 Å². The predicted octanol–water partition coefficient (Wildman–Crippen LogP) is 1.81. The van der Waals surface area contributed by atoms with Gasteiger partial charge in [-0.2, -0.15) is 0 Å². The van der Waals surface area contributed by atoms with E-state index in [1.807, 2.05) is 0 Å². The molecule has 1 heterocycles. The predicted molar refractivity (Wildman–Crippen MR) is 67.9 cm³/mol. The average molecular weight is 247 g/mol. The molecule has 0 bridgehead atoms. The number of piperazine rings is 1. The minimum absolute atomic E-state index is 0. The SMILES string of the molecule is C[C@@H]1CNCCN1C(=O)C1CCCCC1.Cl. The lowest BCUT2D eigenvalue weighted by Gasteiger charge is -2.37. The first-order chi connectivity index (χ1) is 7.29. The van der Waals surface area contributed by atoms with Crippen LogP contribution >= 0.6 is 12.4 Å². The highest BCUT2D eigenvalue weighted by Gasteiger charge is 2.29. The molecule has 0 aromatic heterocycles. The topological polar surface area (TPSA) is 32.3 Å². The monoisotopic (exact) mass is 246 g/mol. The molecule has 0 aromatic carbocycles. The summed E-state index contributed by atoms with van der Waals surface area (Å²) >= 11 is 0. The second-order valence-corrected chi connectivity index (χ2v) is 4.92. The van der Waals surface area contributed by atoms with Crippen LogP contribution in [0.5, 0.6) is 0 Å². The van der Waals surface area contributed by atoms with E-state index in [0.717, 1.165) is 32.5 Å². The maximum atomic E-state index is 12.3. The number of hydrogen-bond acceptors (Lipinski definition) is 2. The Morgan fingerprint density at radius 2 is 1.94 bits per heavy atom. The lowest BCUT2D eigenvalue weighted by molar-refractivity contribution is -0.139. The molecule has 4 heteroatoms. The molecule has 1 N–H and O–H groups in total. The van der Waals surface area contributed by atoms with Gasteiger partial charge < -0.3 is 10.2 Å². The first-order valence-electron chi connectivity index (χ1n) is 6.30. The van der Waals surface area contributed by atoms with Gasteiger partial charge in [0.2, 0.25) is 5.91 Å². The Kier molecular flexibility index (Phi) is 5.56. The van der Waals surface area contributed by atoms with Gasteiger partial charge in [0.05, 0.1) is 0 Å². The Morgan fingerprint density at radius 3 is 2.56 bits per heavy atom. The number of carbonyl (C=O) groups excluding carboxylic acids is 1. The molecule has 0 unspecified atom stereocenters. The molecular formula is C12H23ClN2O. The van der Waals surface area contributed by atoms with E-state index in [0.29, 0.717) is 17.9 Å². The molecule has 3 nitrogen and oxygen atoms in total. The van der Waals surface area contributed by atoms with Crippen LogP contribution in [-0.2, 0) is 4.79 Å². The molecule has 0 spiro atoms. The molecule has 0 radical (unpaired) electrons. The number of hydrogen-bond donors (Lipinski definition) is 1. The van der Waals surface area contributed by atoms with Crippen LogP contribution in [0.1, 0.15) is 39.0 Å². The number of nitrogens with one attached hydrogen (secondary N) is 1. The fourth-order valence-electron chi connectivity index (χ4n) is 2.75. The zero-order valence-electron chi connectivity index (χ0n) is 10.1. The summed E-state index contributed by atoms with van der Waals surface area (Å²) in [4.78, 5) is 14.4. The van der Waals surface area contributed by atoms with Crippen molar-refractivity contribution in [3.05, 3.63) is 0 Å². The van der Waals surface area contributed by atoms with Crippen LogP contribution in [0, 0.1) is 5.92 Å². The lowest BCUT2D eigenvalue weighted by Crippen LogP contribution is -2.54. The average Bonchev–Trinajstić information content (AvgIpc) is 2.30. The third-order valence-corrected chi connectivity index (χ3v) is 3.74. The Labute approximate surface area is 104 Å². The van der Waals surface area contributed by atoms with Gasteiger partial charge in [-0.3, -0.25) is 4.79 Å². The molecule has 1 amide bonds. The van der Waals surface area contributed by atoms with E-state index in [2.05, 4.69) is 17.1 Å². The molecular weight excluding hydrogens is 224 g/mol. The third-order valence-electron chi connectivity index (χ3n) is 3.74. The molecule has 1 saturated heterocycles. The van der Waals surface area contributed by atoms with Gasteiger partial charge >= 0.3 is 0 Å². The number of carbonyl (C=O) groups is 1. The highest BCUT2D eigenvalue weighted by Crippen LogP contribution is 2.26. The van der Waals surface area contributed by atoms with Crippen LogP contribution in [0.15, 0.2) is 0 Å². The molecule has 2 fully saturated rings. The summed E-state index contributed by atoms with van der Waals surface area (Å²) in [7, 11) is 0. The normalized spacial score (nSPS) is 27.3. The van der Waals surface area contributed by atoms with Crippen molar-refractivity contribution in [1.82, 2.24) is 10.2 Å². The Balaban J connectivity index is 0.00000128. The zero-order chi connectivity index (χ0) is 10.7. The second kappa shape index (κ2) is 6.45. The summed E-state index contributed by atoms with van der Waals surface area (Å²) in [6.45, 7) is 4.96. The van der Waals surface area contributed by atoms with Crippen molar-refractivity contribution < 1.29 is 4.79 Å². The number of halogens is 1. The molecule has 94 valence electrons. The summed E-state index contributed by atoms with van der Waals surface area (Å²) in [5, 5.41) is 3.33. The van der Waals surface area contributed by atoms with Gasteiger partial charge in [0.1, 0.15) is 0 Å². The van der Waals surface area contributed by atoms with Crippen LogP contribution in [0.2, 0.25) is 0 Å². The second-order valence-electron chi connectivity index (χ2n) is 4.92. The molecule has 2 aliphatic rings. The van der Waals surface area contributed by atoms with Crippen molar-refractivity contribution >= 4 is 18.3 Å². The number of nitrogens with zero attached hydrogens (tertiary/aromatic N) is 1. The van der Waals surface area contributed by atoms with Crippen molar-refractivity contribution in [3.63, 3.8) is 0 Å². The van der Waals surface area contributed by atoms with E-state index in [9.17, 15) is 4.79 Å². The van der Waals surface area contributed by atoms with Crippen LogP contribution < -0.4 is 5.32 Å². The molecule has 0 aromatic rings. The van der Waals surface area contributed by atoms with Crippen molar-refractivity contribution in [2.45, 2.75) is 45.1 Å². The first-order valence-corrected chi connectivity index (χ1v) is 6.30. The highest BCUT2D eigenvalue weighted by molar-refractivity contribution is 5.85. The molecule has 2 rings (SSSR count). The van der Waals surface area contributed by atoms with Gasteiger partial charge in [-0.25, -0.2) is 0 Å². The van der Waals surface area contributed by atoms with Crippen LogP contribution in [0.25, 0.3) is 0 Å². The highest BCUT2D eigenvalue weighted by atomic mass is 35.5. The van der Waals surface area contributed by atoms with Crippen molar-refractivity contribution in [2.24, 2.45) is 5.92 Å². The summed E-state index contributed by atoms with van der Waals surface area (Å²) in [5.74, 6) is 0.753. The summed E-state index contributed by atoms with van der Waals surface area (Å²) in [6, 6.07) is 0.383. The van der Waals surface area contributed by atoms with Crippen molar-refractivity contribution in [2.75, 3.05) is 19.6 Å². The Hall–Kier alpha value is -0.280. The third kappa shape index (κ3) is 3.11. The molecule has 1 aliphatic heterocycles. The fraction of sp³-hybridized carbons (Fsp3) is 0.917. The molecule has 1 saturated carbocycles. The van der Waals surface area contributed by atoms with Gasteiger partial charge in [0.25, 0.3) is 0 Å². The van der Waals surface area contributed by atoms with Crippen molar-refractivity contribution in [3.8, 4) is 0 Å². The largest absolute Gasteiger partial charge is 0.337 e. The van der Waals surface area contributed by atoms with Gasteiger partial charge in [0, 0.05) is 31.6 Å². The summed E-state index contributed by atoms with van der Waals surface area (Å²) in [6.07, 6.45) is 6.06. The quantitative estimate of drug-likeness (QED) is 0.766. The fourth-order valence-corrected chi connectivity index (χ4v) is 2.75. The van der Waals surface area contributed by atoms with E-state index in [1.54, 1.807) is 0 Å². The van der Waals surface area contributed by atoms with E-state index in [1.165, 1.54) is 19.3 Å². The van der Waals surface area contributed by atoms with Crippen LogP contribution in [0.4, 0.5) is 0 Å². The van der Waals surface area contributed by atoms with E-state index < -0.39 is 0 Å². The van der Waals surface area contributed by atoms with Gasteiger partial charge in [0.15, 0.2) is 0 Å². The van der Waals surface area contributed by atoms with Gasteiger partial charge in [-0.15, -0.1) is 12.4 Å². The molecule has 16 heavy (non-hydrogen) atoms. The maximum absolute atomic E-state index is 12.3. The first kappa shape index (κ1) is 13.8.